The maximum atomic E-state index is 12.8. The molecule has 36 heavy (non-hydrogen) atoms. The van der Waals surface area contributed by atoms with Gasteiger partial charge in [0.1, 0.15) is 22.4 Å². The van der Waals surface area contributed by atoms with Crippen LogP contribution in [0.1, 0.15) is 49.8 Å². The van der Waals surface area contributed by atoms with Crippen molar-refractivity contribution < 1.29 is 19.2 Å². The smallest absolute Gasteiger partial charge is 0.271 e. The van der Waals surface area contributed by atoms with Gasteiger partial charge in [0.25, 0.3) is 17.7 Å². The minimum Gasteiger partial charge on any atom is -0.364 e. The van der Waals surface area contributed by atoms with Gasteiger partial charge in [0.2, 0.25) is 5.91 Å². The van der Waals surface area contributed by atoms with Gasteiger partial charge in [-0.25, -0.2) is 9.97 Å². The zero-order valence-corrected chi connectivity index (χ0v) is 21.6. The second kappa shape index (κ2) is 12.7. The van der Waals surface area contributed by atoms with Crippen LogP contribution in [-0.4, -0.2) is 69.9 Å². The Kier molecular flexibility index (Phi) is 9.69. The maximum Gasteiger partial charge on any atom is 0.271 e. The summed E-state index contributed by atoms with van der Waals surface area (Å²) in [5.74, 6) is -1.66. The van der Waals surface area contributed by atoms with E-state index in [1.165, 1.54) is 34.4 Å². The van der Waals surface area contributed by atoms with Gasteiger partial charge in [0, 0.05) is 41.3 Å². The molecular formula is C21H26N8O4S3. The standard InChI is InChI=1S/C21H26N8O4S3/c1-10(16(23)30)26-18(32)14(7-34-5-4-22)27-19(33)15-9-36-21(29-15)12-3-2-11(6-25-12)20-28-13(8-35-20)17(24)31/h8-9,11,14H,1-7,22H2,(H2,23,30)(H2,24,31)(H,26,32)(H,27,33). The molecule has 12 nitrogen and oxygen atoms in total. The van der Waals surface area contributed by atoms with Gasteiger partial charge in [-0.1, -0.05) is 6.58 Å². The first kappa shape index (κ1) is 27.4. The number of amides is 4. The molecule has 0 saturated heterocycles. The number of hydrogen-bond acceptors (Lipinski definition) is 11. The van der Waals surface area contributed by atoms with Gasteiger partial charge in [0.15, 0.2) is 0 Å². The molecule has 0 spiro atoms. The van der Waals surface area contributed by atoms with E-state index in [1.54, 1.807) is 10.8 Å². The molecule has 15 heteroatoms. The molecule has 2 aromatic rings. The summed E-state index contributed by atoms with van der Waals surface area (Å²) in [5.41, 5.74) is 16.8. The minimum absolute atomic E-state index is 0.0926. The van der Waals surface area contributed by atoms with Crippen LogP contribution in [0.25, 0.3) is 0 Å². The van der Waals surface area contributed by atoms with E-state index in [-0.39, 0.29) is 28.8 Å². The van der Waals surface area contributed by atoms with E-state index in [1.807, 2.05) is 0 Å². The molecule has 3 heterocycles. The molecule has 2 atom stereocenters. The molecule has 8 N–H and O–H groups in total. The van der Waals surface area contributed by atoms with E-state index in [2.05, 4.69) is 32.2 Å². The van der Waals surface area contributed by atoms with Crippen LogP contribution in [0.5, 0.6) is 0 Å². The Labute approximate surface area is 219 Å². The van der Waals surface area contributed by atoms with Gasteiger partial charge in [-0.05, 0) is 12.8 Å². The quantitative estimate of drug-likeness (QED) is 0.178. The largest absolute Gasteiger partial charge is 0.364 e. The summed E-state index contributed by atoms with van der Waals surface area (Å²) in [4.78, 5) is 61.2. The summed E-state index contributed by atoms with van der Waals surface area (Å²) in [6.45, 7) is 4.31. The minimum atomic E-state index is -0.952. The number of aliphatic imine (C=N–C) groups is 1. The SMILES string of the molecule is C=C(NC(=O)C(CSCCN)NC(=O)c1csc(C2=NCC(c3nc(C(N)=O)cs3)CC2)n1)C(N)=O. The van der Waals surface area contributed by atoms with E-state index < -0.39 is 29.7 Å². The van der Waals surface area contributed by atoms with Crippen molar-refractivity contribution in [2.45, 2.75) is 24.8 Å². The number of nitrogens with zero attached hydrogens (tertiary/aromatic N) is 3. The van der Waals surface area contributed by atoms with E-state index >= 15 is 0 Å². The highest BCUT2D eigenvalue weighted by molar-refractivity contribution is 7.99. The lowest BCUT2D eigenvalue weighted by Gasteiger charge is -2.18. The molecule has 0 saturated carbocycles. The number of hydrogen-bond donors (Lipinski definition) is 5. The van der Waals surface area contributed by atoms with Gasteiger partial charge in [-0.15, -0.1) is 22.7 Å². The Morgan fingerprint density at radius 2 is 1.92 bits per heavy atom. The first-order valence-corrected chi connectivity index (χ1v) is 13.7. The third-order valence-corrected chi connectivity index (χ3v) is 8.07. The van der Waals surface area contributed by atoms with Gasteiger partial charge >= 0.3 is 0 Å². The molecule has 0 fully saturated rings. The molecule has 192 valence electrons. The first-order chi connectivity index (χ1) is 17.2. The molecule has 1 aliphatic rings. The molecule has 4 amide bonds. The Morgan fingerprint density at radius 1 is 1.17 bits per heavy atom. The number of nitrogens with one attached hydrogen (secondary N) is 2. The third kappa shape index (κ3) is 7.19. The molecule has 0 aliphatic carbocycles. The number of carbonyl (C=O) groups excluding carboxylic acids is 4. The van der Waals surface area contributed by atoms with E-state index in [4.69, 9.17) is 17.2 Å². The molecule has 0 bridgehead atoms. The van der Waals surface area contributed by atoms with Gasteiger partial charge < -0.3 is 27.8 Å². The predicted molar refractivity (Wildman–Crippen MR) is 140 cm³/mol. The number of nitrogens with two attached hydrogens (primary N) is 3. The van der Waals surface area contributed by atoms with Crippen LogP contribution in [-0.2, 0) is 9.59 Å². The Morgan fingerprint density at radius 3 is 2.53 bits per heavy atom. The first-order valence-electron chi connectivity index (χ1n) is 10.8. The number of primary amides is 2. The number of aromatic nitrogens is 2. The summed E-state index contributed by atoms with van der Waals surface area (Å²) < 4.78 is 0. The highest BCUT2D eigenvalue weighted by Crippen LogP contribution is 2.30. The van der Waals surface area contributed by atoms with Crippen LogP contribution in [0.15, 0.2) is 28.0 Å². The van der Waals surface area contributed by atoms with Gasteiger partial charge in [-0.3, -0.25) is 24.2 Å². The summed E-state index contributed by atoms with van der Waals surface area (Å²) >= 11 is 4.05. The van der Waals surface area contributed by atoms with E-state index in [9.17, 15) is 19.2 Å². The summed E-state index contributed by atoms with van der Waals surface area (Å²) in [6, 6.07) is -0.952. The molecule has 1 aliphatic heterocycles. The van der Waals surface area contributed by atoms with Crippen LogP contribution in [0.2, 0.25) is 0 Å². The predicted octanol–water partition coefficient (Wildman–Crippen LogP) is -0.0293. The zero-order valence-electron chi connectivity index (χ0n) is 19.2. The summed E-state index contributed by atoms with van der Waals surface area (Å²) in [7, 11) is 0. The Bertz CT molecular complexity index is 1190. The zero-order chi connectivity index (χ0) is 26.2. The molecule has 2 aromatic heterocycles. The molecule has 0 aromatic carbocycles. The van der Waals surface area contributed by atoms with Crippen molar-refractivity contribution in [1.82, 2.24) is 20.6 Å². The van der Waals surface area contributed by atoms with Crippen LogP contribution >= 0.6 is 34.4 Å². The van der Waals surface area contributed by atoms with Crippen molar-refractivity contribution in [1.29, 1.82) is 0 Å². The molecule has 0 radical (unpaired) electrons. The normalized spacial score (nSPS) is 16.0. The lowest BCUT2D eigenvalue weighted by atomic mass is 9.98. The van der Waals surface area contributed by atoms with Gasteiger partial charge in [-0.2, -0.15) is 11.8 Å². The van der Waals surface area contributed by atoms with Crippen molar-refractivity contribution in [2.75, 3.05) is 24.6 Å². The highest BCUT2D eigenvalue weighted by atomic mass is 32.2. The fourth-order valence-electron chi connectivity index (χ4n) is 3.17. The van der Waals surface area contributed by atoms with Gasteiger partial charge in [0.05, 0.1) is 16.4 Å². The van der Waals surface area contributed by atoms with Crippen LogP contribution in [0.3, 0.4) is 0 Å². The van der Waals surface area contributed by atoms with Crippen molar-refractivity contribution >= 4 is 63.8 Å². The van der Waals surface area contributed by atoms with E-state index in [0.29, 0.717) is 30.3 Å². The van der Waals surface area contributed by atoms with Crippen LogP contribution in [0, 0.1) is 0 Å². The van der Waals surface area contributed by atoms with Crippen molar-refractivity contribution in [2.24, 2.45) is 22.2 Å². The van der Waals surface area contributed by atoms with Crippen LogP contribution in [0.4, 0.5) is 0 Å². The number of thioether (sulfide) groups is 1. The fourth-order valence-corrected chi connectivity index (χ4v) is 5.75. The lowest BCUT2D eigenvalue weighted by Crippen LogP contribution is -2.49. The molecule has 3 rings (SSSR count). The highest BCUT2D eigenvalue weighted by Gasteiger charge is 2.26. The Balaban J connectivity index is 1.64. The number of carbonyl (C=O) groups is 4. The summed E-state index contributed by atoms with van der Waals surface area (Å²) in [5, 5.41) is 9.65. The second-order valence-electron chi connectivity index (χ2n) is 7.72. The maximum absolute atomic E-state index is 12.8. The van der Waals surface area contributed by atoms with E-state index in [0.717, 1.165) is 17.1 Å². The second-order valence-corrected chi connectivity index (χ2v) is 10.6. The van der Waals surface area contributed by atoms with Crippen molar-refractivity contribution in [3.63, 3.8) is 0 Å². The lowest BCUT2D eigenvalue weighted by molar-refractivity contribution is -0.123. The van der Waals surface area contributed by atoms with Crippen molar-refractivity contribution in [3.05, 3.63) is 44.4 Å². The third-order valence-electron chi connectivity index (χ3n) is 5.08. The number of rotatable bonds is 12. The number of thiazole rings is 2. The topological polar surface area (TPSA) is 209 Å². The average molecular weight is 551 g/mol. The monoisotopic (exact) mass is 550 g/mol. The van der Waals surface area contributed by atoms with Crippen LogP contribution < -0.4 is 27.8 Å². The van der Waals surface area contributed by atoms with Crippen molar-refractivity contribution in [3.8, 4) is 0 Å². The molecular weight excluding hydrogens is 524 g/mol. The molecule has 2 unspecified atom stereocenters. The average Bonchev–Trinajstić information content (AvgIpc) is 3.54. The fraction of sp³-hybridized carbons (Fsp3) is 0.381. The summed E-state index contributed by atoms with van der Waals surface area (Å²) in [6.07, 6.45) is 1.41. The Hall–Kier alpha value is -3.14.